The molecule has 0 aliphatic carbocycles. The normalized spacial score (nSPS) is 10.6. The molecule has 0 heterocycles. The van der Waals surface area contributed by atoms with Gasteiger partial charge in [0, 0.05) is 18.8 Å². The van der Waals surface area contributed by atoms with Crippen molar-refractivity contribution >= 4 is 11.7 Å². The van der Waals surface area contributed by atoms with Crippen molar-refractivity contribution in [2.45, 2.75) is 40.2 Å². The predicted molar refractivity (Wildman–Crippen MR) is 78.6 cm³/mol. The number of carbonyl (C=O) groups excluding carboxylic acids is 1. The molecule has 0 saturated heterocycles. The number of hydrogen-bond acceptors (Lipinski definition) is 2. The number of ether oxygens (including phenoxy) is 1. The van der Waals surface area contributed by atoms with Crippen LogP contribution in [0.25, 0.3) is 0 Å². The Balaban J connectivity index is 2.27. The monoisotopic (exact) mass is 264 g/mol. The van der Waals surface area contributed by atoms with Gasteiger partial charge in [0.15, 0.2) is 0 Å². The number of hydrogen-bond donors (Lipinski definition) is 2. The average molecular weight is 264 g/mol. The molecule has 0 saturated carbocycles. The third kappa shape index (κ3) is 6.25. The Morgan fingerprint density at radius 2 is 2.05 bits per heavy atom. The van der Waals surface area contributed by atoms with E-state index in [-0.39, 0.29) is 12.1 Å². The lowest BCUT2D eigenvalue weighted by molar-refractivity contribution is 0.0775. The lowest BCUT2D eigenvalue weighted by atomic mass is 10.1. The summed E-state index contributed by atoms with van der Waals surface area (Å²) in [5, 5.41) is 5.66. The zero-order chi connectivity index (χ0) is 14.3. The maximum absolute atomic E-state index is 11.7. The zero-order valence-corrected chi connectivity index (χ0v) is 12.2. The number of nitrogens with one attached hydrogen (secondary N) is 2. The Bertz CT molecular complexity index is 417. The Morgan fingerprint density at radius 1 is 1.32 bits per heavy atom. The van der Waals surface area contributed by atoms with Crippen molar-refractivity contribution in [3.63, 3.8) is 0 Å². The zero-order valence-electron chi connectivity index (χ0n) is 12.2. The van der Waals surface area contributed by atoms with E-state index in [1.54, 1.807) is 0 Å². The highest BCUT2D eigenvalue weighted by Crippen LogP contribution is 2.15. The first-order valence-corrected chi connectivity index (χ1v) is 6.72. The van der Waals surface area contributed by atoms with Crippen LogP contribution in [-0.2, 0) is 4.74 Å². The second-order valence-electron chi connectivity index (χ2n) is 4.97. The van der Waals surface area contributed by atoms with Crippen LogP contribution in [0.4, 0.5) is 10.5 Å². The molecular weight excluding hydrogens is 240 g/mol. The first-order valence-electron chi connectivity index (χ1n) is 6.72. The summed E-state index contributed by atoms with van der Waals surface area (Å²) < 4.78 is 5.40. The van der Waals surface area contributed by atoms with Gasteiger partial charge in [0.05, 0.1) is 6.10 Å². The molecular formula is C15H24N2O2. The third-order valence-electron chi connectivity index (χ3n) is 2.69. The van der Waals surface area contributed by atoms with Gasteiger partial charge in [0.1, 0.15) is 0 Å². The Labute approximate surface area is 115 Å². The van der Waals surface area contributed by atoms with E-state index in [4.69, 9.17) is 4.74 Å². The van der Waals surface area contributed by atoms with E-state index in [2.05, 4.69) is 10.6 Å². The van der Waals surface area contributed by atoms with Crippen molar-refractivity contribution in [1.82, 2.24) is 5.32 Å². The van der Waals surface area contributed by atoms with E-state index in [0.717, 1.165) is 17.7 Å². The molecule has 0 aliphatic heterocycles. The van der Waals surface area contributed by atoms with Crippen LogP contribution < -0.4 is 10.6 Å². The number of benzene rings is 1. The maximum atomic E-state index is 11.7. The quantitative estimate of drug-likeness (QED) is 0.775. The van der Waals surface area contributed by atoms with Crippen LogP contribution in [0, 0.1) is 13.8 Å². The van der Waals surface area contributed by atoms with Gasteiger partial charge < -0.3 is 15.4 Å². The number of carbonyl (C=O) groups is 1. The van der Waals surface area contributed by atoms with Gasteiger partial charge in [-0.15, -0.1) is 0 Å². The molecule has 1 aromatic rings. The topological polar surface area (TPSA) is 50.4 Å². The van der Waals surface area contributed by atoms with Gasteiger partial charge >= 0.3 is 6.03 Å². The van der Waals surface area contributed by atoms with Crippen LogP contribution in [0.5, 0.6) is 0 Å². The maximum Gasteiger partial charge on any atom is 0.319 e. The number of aryl methyl sites for hydroxylation is 2. The van der Waals surface area contributed by atoms with Gasteiger partial charge in [-0.3, -0.25) is 0 Å². The van der Waals surface area contributed by atoms with E-state index >= 15 is 0 Å². The molecule has 2 amide bonds. The van der Waals surface area contributed by atoms with E-state index in [0.29, 0.717) is 13.2 Å². The van der Waals surface area contributed by atoms with Crippen molar-refractivity contribution in [3.05, 3.63) is 29.3 Å². The smallest absolute Gasteiger partial charge is 0.319 e. The number of urea groups is 1. The molecule has 0 bridgehead atoms. The number of amides is 2. The highest BCUT2D eigenvalue weighted by atomic mass is 16.5. The van der Waals surface area contributed by atoms with Gasteiger partial charge in [-0.05, 0) is 45.7 Å². The Kier molecular flexibility index (Phi) is 6.36. The van der Waals surface area contributed by atoms with Crippen LogP contribution in [0.2, 0.25) is 0 Å². The van der Waals surface area contributed by atoms with Crippen molar-refractivity contribution < 1.29 is 9.53 Å². The van der Waals surface area contributed by atoms with Crippen LogP contribution >= 0.6 is 0 Å². The average Bonchev–Trinajstić information content (AvgIpc) is 2.32. The Morgan fingerprint density at radius 3 is 2.68 bits per heavy atom. The fourth-order valence-electron chi connectivity index (χ4n) is 1.71. The first-order chi connectivity index (χ1) is 8.99. The molecule has 0 radical (unpaired) electrons. The fourth-order valence-corrected chi connectivity index (χ4v) is 1.71. The molecule has 2 N–H and O–H groups in total. The summed E-state index contributed by atoms with van der Waals surface area (Å²) in [7, 11) is 0. The van der Waals surface area contributed by atoms with Crippen LogP contribution in [-0.4, -0.2) is 25.3 Å². The first kappa shape index (κ1) is 15.5. The molecule has 19 heavy (non-hydrogen) atoms. The van der Waals surface area contributed by atoms with E-state index in [1.807, 2.05) is 45.9 Å². The Hall–Kier alpha value is -1.55. The minimum absolute atomic E-state index is 0.170. The molecule has 0 spiro atoms. The molecule has 0 fully saturated rings. The van der Waals surface area contributed by atoms with Crippen molar-refractivity contribution in [3.8, 4) is 0 Å². The molecule has 0 atom stereocenters. The summed E-state index contributed by atoms with van der Waals surface area (Å²) in [4.78, 5) is 11.7. The van der Waals surface area contributed by atoms with Crippen molar-refractivity contribution in [2.24, 2.45) is 0 Å². The van der Waals surface area contributed by atoms with E-state index in [1.165, 1.54) is 5.56 Å². The second kappa shape index (κ2) is 7.79. The van der Waals surface area contributed by atoms with Crippen molar-refractivity contribution in [2.75, 3.05) is 18.5 Å². The molecule has 1 aromatic carbocycles. The van der Waals surface area contributed by atoms with Gasteiger partial charge in [-0.25, -0.2) is 4.79 Å². The molecule has 0 aliphatic rings. The van der Waals surface area contributed by atoms with Crippen molar-refractivity contribution in [1.29, 1.82) is 0 Å². The molecule has 0 aromatic heterocycles. The summed E-state index contributed by atoms with van der Waals surface area (Å²) in [5.41, 5.74) is 3.11. The van der Waals surface area contributed by atoms with E-state index in [9.17, 15) is 4.79 Å². The molecule has 0 unspecified atom stereocenters. The third-order valence-corrected chi connectivity index (χ3v) is 2.69. The summed E-state index contributed by atoms with van der Waals surface area (Å²) in [6.45, 7) is 9.30. The van der Waals surface area contributed by atoms with Crippen LogP contribution in [0.1, 0.15) is 31.4 Å². The summed E-state index contributed by atoms with van der Waals surface area (Å²) in [6.07, 6.45) is 1.06. The minimum atomic E-state index is -0.170. The molecule has 1 rings (SSSR count). The van der Waals surface area contributed by atoms with Crippen LogP contribution in [0.3, 0.4) is 0 Å². The van der Waals surface area contributed by atoms with Gasteiger partial charge in [0.2, 0.25) is 0 Å². The lowest BCUT2D eigenvalue weighted by Gasteiger charge is -2.11. The highest BCUT2D eigenvalue weighted by Gasteiger charge is 2.03. The largest absolute Gasteiger partial charge is 0.379 e. The lowest BCUT2D eigenvalue weighted by Crippen LogP contribution is -2.30. The van der Waals surface area contributed by atoms with Gasteiger partial charge in [-0.2, -0.15) is 0 Å². The standard InChI is InChI=1S/C15H24N2O2/c1-11(2)19-9-5-8-16-15(18)17-14-7-6-12(3)10-13(14)4/h6-7,10-11H,5,8-9H2,1-4H3,(H2,16,17,18). The van der Waals surface area contributed by atoms with E-state index < -0.39 is 0 Å². The predicted octanol–water partition coefficient (Wildman–Crippen LogP) is 3.24. The summed E-state index contributed by atoms with van der Waals surface area (Å²) in [5.74, 6) is 0. The number of rotatable bonds is 6. The number of anilines is 1. The fraction of sp³-hybridized carbons (Fsp3) is 0.533. The van der Waals surface area contributed by atoms with Crippen LogP contribution in [0.15, 0.2) is 18.2 Å². The summed E-state index contributed by atoms with van der Waals surface area (Å²) in [6, 6.07) is 5.79. The SMILES string of the molecule is Cc1ccc(NC(=O)NCCCOC(C)C)c(C)c1. The minimum Gasteiger partial charge on any atom is -0.379 e. The molecule has 4 heteroatoms. The molecule has 4 nitrogen and oxygen atoms in total. The van der Waals surface area contributed by atoms with Gasteiger partial charge in [0.25, 0.3) is 0 Å². The second-order valence-corrected chi connectivity index (χ2v) is 4.97. The summed E-state index contributed by atoms with van der Waals surface area (Å²) >= 11 is 0. The van der Waals surface area contributed by atoms with Gasteiger partial charge in [-0.1, -0.05) is 17.7 Å². The molecule has 106 valence electrons. The highest BCUT2D eigenvalue weighted by molar-refractivity contribution is 5.90.